The highest BCUT2D eigenvalue weighted by Crippen LogP contribution is 2.36. The van der Waals surface area contributed by atoms with E-state index in [1.54, 1.807) is 39.1 Å². The standard InChI is InChI=1S/C24H28N4O6/c1-24(2,3)34-22(32)19-11-10-18(17-9-4-5-12-25-17)28(19)20(29)14-26-23(33)27-16-8-6-7-15(13-16)21(30)31/h4-9,12-13,18-19H,10-11,14H2,1-3H3,(H,30,31)(H2,26,27,33). The summed E-state index contributed by atoms with van der Waals surface area (Å²) >= 11 is 0. The Labute approximate surface area is 197 Å². The van der Waals surface area contributed by atoms with E-state index in [-0.39, 0.29) is 17.8 Å². The predicted octanol–water partition coefficient (Wildman–Crippen LogP) is 2.98. The molecule has 1 aromatic carbocycles. The van der Waals surface area contributed by atoms with Gasteiger partial charge in [-0.25, -0.2) is 14.4 Å². The van der Waals surface area contributed by atoms with Gasteiger partial charge < -0.3 is 25.4 Å². The van der Waals surface area contributed by atoms with Gasteiger partial charge in [-0.2, -0.15) is 0 Å². The van der Waals surface area contributed by atoms with Gasteiger partial charge in [0.05, 0.1) is 23.8 Å². The highest BCUT2D eigenvalue weighted by atomic mass is 16.6. The van der Waals surface area contributed by atoms with Crippen LogP contribution in [0.3, 0.4) is 0 Å². The molecule has 34 heavy (non-hydrogen) atoms. The molecule has 1 fully saturated rings. The van der Waals surface area contributed by atoms with E-state index in [9.17, 15) is 19.2 Å². The van der Waals surface area contributed by atoms with Gasteiger partial charge in [0.2, 0.25) is 5.91 Å². The molecule has 180 valence electrons. The summed E-state index contributed by atoms with van der Waals surface area (Å²) in [6.07, 6.45) is 2.56. The number of aromatic nitrogens is 1. The van der Waals surface area contributed by atoms with Gasteiger partial charge in [-0.1, -0.05) is 12.1 Å². The number of nitrogens with zero attached hydrogens (tertiary/aromatic N) is 2. The summed E-state index contributed by atoms with van der Waals surface area (Å²) in [7, 11) is 0. The molecule has 3 N–H and O–H groups in total. The first kappa shape index (κ1) is 24.7. The number of ether oxygens (including phenoxy) is 1. The second-order valence-electron chi connectivity index (χ2n) is 8.89. The zero-order chi connectivity index (χ0) is 24.9. The van der Waals surface area contributed by atoms with Crippen LogP contribution in [0.15, 0.2) is 48.7 Å². The van der Waals surface area contributed by atoms with E-state index in [0.29, 0.717) is 18.5 Å². The smallest absolute Gasteiger partial charge is 0.335 e. The first-order valence-electron chi connectivity index (χ1n) is 10.9. The van der Waals surface area contributed by atoms with E-state index in [4.69, 9.17) is 9.84 Å². The van der Waals surface area contributed by atoms with E-state index >= 15 is 0 Å². The first-order valence-corrected chi connectivity index (χ1v) is 10.9. The Morgan fingerprint density at radius 1 is 1.12 bits per heavy atom. The Hall–Kier alpha value is -3.95. The van der Waals surface area contributed by atoms with Crippen LogP contribution in [-0.2, 0) is 14.3 Å². The normalized spacial score (nSPS) is 17.7. The molecule has 2 unspecified atom stereocenters. The molecule has 0 aliphatic carbocycles. The van der Waals surface area contributed by atoms with E-state index in [2.05, 4.69) is 15.6 Å². The van der Waals surface area contributed by atoms with E-state index in [1.165, 1.54) is 29.2 Å². The Bertz CT molecular complexity index is 1070. The average molecular weight is 469 g/mol. The van der Waals surface area contributed by atoms with Crippen LogP contribution in [0.4, 0.5) is 10.5 Å². The Morgan fingerprint density at radius 3 is 2.53 bits per heavy atom. The lowest BCUT2D eigenvalue weighted by Gasteiger charge is -2.31. The number of carbonyl (C=O) groups excluding carboxylic acids is 3. The van der Waals surface area contributed by atoms with Gasteiger partial charge in [0.25, 0.3) is 0 Å². The summed E-state index contributed by atoms with van der Waals surface area (Å²) in [5.41, 5.74) is 0.225. The molecule has 0 bridgehead atoms. The molecular weight excluding hydrogens is 440 g/mol. The van der Waals surface area contributed by atoms with Crippen molar-refractivity contribution in [2.24, 2.45) is 0 Å². The Balaban J connectivity index is 1.71. The molecule has 0 saturated carbocycles. The van der Waals surface area contributed by atoms with Gasteiger partial charge in [-0.3, -0.25) is 9.78 Å². The molecular formula is C24H28N4O6. The number of esters is 1. The molecule has 1 saturated heterocycles. The minimum absolute atomic E-state index is 0.0179. The number of carboxylic acid groups (broad SMARTS) is 1. The van der Waals surface area contributed by atoms with Crippen molar-refractivity contribution >= 4 is 29.6 Å². The fraction of sp³-hybridized carbons (Fsp3) is 0.375. The second-order valence-corrected chi connectivity index (χ2v) is 8.89. The van der Waals surface area contributed by atoms with Crippen LogP contribution in [0.1, 0.15) is 55.7 Å². The number of carboxylic acids is 1. The monoisotopic (exact) mass is 468 g/mol. The number of anilines is 1. The zero-order valence-electron chi connectivity index (χ0n) is 19.3. The summed E-state index contributed by atoms with van der Waals surface area (Å²) in [6.45, 7) is 4.90. The lowest BCUT2D eigenvalue weighted by molar-refractivity contribution is -0.164. The highest BCUT2D eigenvalue weighted by Gasteiger charge is 2.43. The number of rotatable bonds is 6. The van der Waals surface area contributed by atoms with Crippen LogP contribution in [0.5, 0.6) is 0 Å². The fourth-order valence-corrected chi connectivity index (χ4v) is 3.78. The number of likely N-dealkylation sites (tertiary alicyclic amines) is 1. The highest BCUT2D eigenvalue weighted by molar-refractivity contribution is 5.95. The van der Waals surface area contributed by atoms with Crippen LogP contribution in [0.2, 0.25) is 0 Å². The zero-order valence-corrected chi connectivity index (χ0v) is 19.3. The molecule has 0 radical (unpaired) electrons. The second kappa shape index (κ2) is 10.3. The topological polar surface area (TPSA) is 138 Å². The first-order chi connectivity index (χ1) is 16.0. The van der Waals surface area contributed by atoms with Gasteiger partial charge >= 0.3 is 18.0 Å². The molecule has 2 aromatic rings. The van der Waals surface area contributed by atoms with Gasteiger partial charge in [0, 0.05) is 11.9 Å². The summed E-state index contributed by atoms with van der Waals surface area (Å²) < 4.78 is 5.52. The number of urea groups is 1. The number of aromatic carboxylic acids is 1. The predicted molar refractivity (Wildman–Crippen MR) is 123 cm³/mol. The number of pyridine rings is 1. The maximum Gasteiger partial charge on any atom is 0.335 e. The molecule has 10 heteroatoms. The third-order valence-corrected chi connectivity index (χ3v) is 5.15. The van der Waals surface area contributed by atoms with Crippen molar-refractivity contribution in [3.63, 3.8) is 0 Å². The minimum Gasteiger partial charge on any atom is -0.478 e. The van der Waals surface area contributed by atoms with Gasteiger partial charge in [0.15, 0.2) is 0 Å². The Kier molecular flexibility index (Phi) is 7.50. The SMILES string of the molecule is CC(C)(C)OC(=O)C1CCC(c2ccccn2)N1C(=O)CNC(=O)Nc1cccc(C(=O)O)c1. The van der Waals surface area contributed by atoms with Crippen LogP contribution in [-0.4, -0.2) is 57.1 Å². The Morgan fingerprint density at radius 2 is 1.88 bits per heavy atom. The van der Waals surface area contributed by atoms with Crippen molar-refractivity contribution in [1.82, 2.24) is 15.2 Å². The summed E-state index contributed by atoms with van der Waals surface area (Å²) in [5.74, 6) is -2.09. The van der Waals surface area contributed by atoms with Crippen LogP contribution >= 0.6 is 0 Å². The van der Waals surface area contributed by atoms with Crippen LogP contribution in [0.25, 0.3) is 0 Å². The van der Waals surface area contributed by atoms with Gasteiger partial charge in [0.1, 0.15) is 11.6 Å². The largest absolute Gasteiger partial charge is 0.478 e. The summed E-state index contributed by atoms with van der Waals surface area (Å²) in [4.78, 5) is 55.2. The van der Waals surface area contributed by atoms with Crippen molar-refractivity contribution in [1.29, 1.82) is 0 Å². The quantitative estimate of drug-likeness (QED) is 0.554. The third-order valence-electron chi connectivity index (χ3n) is 5.15. The van der Waals surface area contributed by atoms with Crippen molar-refractivity contribution in [2.75, 3.05) is 11.9 Å². The van der Waals surface area contributed by atoms with Gasteiger partial charge in [-0.15, -0.1) is 0 Å². The molecule has 3 amide bonds. The van der Waals surface area contributed by atoms with Crippen molar-refractivity contribution in [2.45, 2.75) is 51.3 Å². The van der Waals surface area contributed by atoms with Crippen molar-refractivity contribution in [3.05, 3.63) is 59.9 Å². The molecule has 0 spiro atoms. The molecule has 2 heterocycles. The van der Waals surface area contributed by atoms with E-state index in [0.717, 1.165) is 0 Å². The molecule has 1 aromatic heterocycles. The number of carbonyl (C=O) groups is 4. The van der Waals surface area contributed by atoms with Gasteiger partial charge in [-0.05, 0) is 63.9 Å². The van der Waals surface area contributed by atoms with Crippen molar-refractivity contribution < 1.29 is 29.0 Å². The number of benzene rings is 1. The van der Waals surface area contributed by atoms with E-state index < -0.39 is 41.6 Å². The lowest BCUT2D eigenvalue weighted by atomic mass is 10.1. The van der Waals surface area contributed by atoms with Crippen LogP contribution in [0, 0.1) is 0 Å². The third kappa shape index (κ3) is 6.31. The maximum atomic E-state index is 13.2. The summed E-state index contributed by atoms with van der Waals surface area (Å²) in [5, 5.41) is 14.1. The summed E-state index contributed by atoms with van der Waals surface area (Å²) in [6, 6.07) is 9.19. The molecule has 2 atom stereocenters. The number of hydrogen-bond donors (Lipinski definition) is 3. The molecule has 3 rings (SSSR count). The number of nitrogens with one attached hydrogen (secondary N) is 2. The van der Waals surface area contributed by atoms with E-state index in [1.807, 2.05) is 6.07 Å². The molecule has 1 aliphatic rings. The fourth-order valence-electron chi connectivity index (χ4n) is 3.78. The molecule has 10 nitrogen and oxygen atoms in total. The molecule has 1 aliphatic heterocycles. The number of hydrogen-bond acceptors (Lipinski definition) is 6. The lowest BCUT2D eigenvalue weighted by Crippen LogP contribution is -2.48. The number of amides is 3. The average Bonchev–Trinajstić information content (AvgIpc) is 3.23. The minimum atomic E-state index is -1.12. The van der Waals surface area contributed by atoms with Crippen LogP contribution < -0.4 is 10.6 Å². The maximum absolute atomic E-state index is 13.2. The van der Waals surface area contributed by atoms with Crippen molar-refractivity contribution in [3.8, 4) is 0 Å².